The lowest BCUT2D eigenvalue weighted by Gasteiger charge is -2.06. The van der Waals surface area contributed by atoms with E-state index in [1.54, 1.807) is 24.4 Å². The number of hydrogen-bond donors (Lipinski definition) is 0. The molecule has 2 heterocycles. The van der Waals surface area contributed by atoms with Crippen LogP contribution in [0.1, 0.15) is 16.9 Å². The predicted octanol–water partition coefficient (Wildman–Crippen LogP) is 2.20. The molecule has 0 spiro atoms. The molecule has 0 amide bonds. The Labute approximate surface area is 84.8 Å². The third-order valence-electron chi connectivity index (χ3n) is 2.53. The number of benzene rings is 1. The topological polar surface area (TPSA) is 34.4 Å². The van der Waals surface area contributed by atoms with Crippen molar-refractivity contribution in [3.05, 3.63) is 35.8 Å². The van der Waals surface area contributed by atoms with E-state index < -0.39 is 0 Å². The van der Waals surface area contributed by atoms with E-state index in [0.717, 1.165) is 0 Å². The summed E-state index contributed by atoms with van der Waals surface area (Å²) >= 11 is 0. The minimum absolute atomic E-state index is 0.0272. The van der Waals surface area contributed by atoms with Gasteiger partial charge in [-0.15, -0.1) is 0 Å². The van der Waals surface area contributed by atoms with Gasteiger partial charge in [-0.25, -0.2) is 9.07 Å². The van der Waals surface area contributed by atoms with E-state index in [-0.39, 0.29) is 18.0 Å². The van der Waals surface area contributed by atoms with E-state index in [9.17, 15) is 9.18 Å². The molecule has 2 aromatic rings. The fourth-order valence-corrected chi connectivity index (χ4v) is 1.81. The Hall–Kier alpha value is -1.97. The molecular weight excluding hydrogens is 195 g/mol. The van der Waals surface area contributed by atoms with Crippen LogP contribution in [0.3, 0.4) is 0 Å². The van der Waals surface area contributed by atoms with Crippen molar-refractivity contribution in [3.8, 4) is 0 Å². The molecule has 1 aromatic carbocycles. The average Bonchev–Trinajstić information content (AvgIpc) is 2.60. The average molecular weight is 202 g/mol. The van der Waals surface area contributed by atoms with Gasteiger partial charge < -0.3 is 0 Å². The highest BCUT2D eigenvalue weighted by molar-refractivity contribution is 6.07. The third-order valence-corrected chi connectivity index (χ3v) is 2.53. The van der Waals surface area contributed by atoms with Crippen molar-refractivity contribution in [1.29, 1.82) is 0 Å². The van der Waals surface area contributed by atoms with Gasteiger partial charge in [0.2, 0.25) is 0 Å². The van der Waals surface area contributed by atoms with Gasteiger partial charge in [0.25, 0.3) is 0 Å². The molecule has 0 atom stereocenters. The highest BCUT2D eigenvalue weighted by atomic mass is 19.1. The van der Waals surface area contributed by atoms with Crippen LogP contribution in [-0.2, 0) is 0 Å². The Bertz CT molecular complexity index is 598. The first-order valence-electron chi connectivity index (χ1n) is 4.63. The SMILES string of the molecule is O=C1CC=Nn2c1cc1c(F)cccc12. The normalized spacial score (nSPS) is 14.6. The van der Waals surface area contributed by atoms with Crippen molar-refractivity contribution in [2.45, 2.75) is 6.42 Å². The maximum Gasteiger partial charge on any atom is 0.186 e. The second-order valence-corrected chi connectivity index (χ2v) is 3.44. The molecule has 4 heteroatoms. The first kappa shape index (κ1) is 8.35. The van der Waals surface area contributed by atoms with Crippen LogP contribution in [0.15, 0.2) is 29.4 Å². The second-order valence-electron chi connectivity index (χ2n) is 3.44. The quantitative estimate of drug-likeness (QED) is 0.644. The Morgan fingerprint density at radius 1 is 1.40 bits per heavy atom. The van der Waals surface area contributed by atoms with E-state index in [4.69, 9.17) is 0 Å². The van der Waals surface area contributed by atoms with Crippen molar-refractivity contribution < 1.29 is 9.18 Å². The maximum atomic E-state index is 13.4. The standard InChI is InChI=1S/C11H7FN2O/c12-8-2-1-3-9-7(8)6-10-11(15)4-5-13-14(9)10/h1-3,5-6H,4H2. The highest BCUT2D eigenvalue weighted by Crippen LogP contribution is 2.24. The monoisotopic (exact) mass is 202 g/mol. The largest absolute Gasteiger partial charge is 0.292 e. The van der Waals surface area contributed by atoms with Gasteiger partial charge in [0.1, 0.15) is 11.5 Å². The van der Waals surface area contributed by atoms with Crippen LogP contribution in [0.25, 0.3) is 10.9 Å². The molecule has 0 bridgehead atoms. The lowest BCUT2D eigenvalue weighted by atomic mass is 10.2. The zero-order valence-corrected chi connectivity index (χ0v) is 7.77. The molecule has 3 nitrogen and oxygen atoms in total. The smallest absolute Gasteiger partial charge is 0.186 e. The fraction of sp³-hybridized carbons (Fsp3) is 0.0909. The predicted molar refractivity (Wildman–Crippen MR) is 54.7 cm³/mol. The van der Waals surface area contributed by atoms with Crippen molar-refractivity contribution in [2.75, 3.05) is 0 Å². The van der Waals surface area contributed by atoms with Gasteiger partial charge in [0, 0.05) is 18.0 Å². The Kier molecular flexibility index (Phi) is 1.54. The number of aromatic nitrogens is 1. The molecule has 74 valence electrons. The number of rotatable bonds is 0. The highest BCUT2D eigenvalue weighted by Gasteiger charge is 2.18. The maximum absolute atomic E-state index is 13.4. The summed E-state index contributed by atoms with van der Waals surface area (Å²) < 4.78 is 14.9. The summed E-state index contributed by atoms with van der Waals surface area (Å²) in [6, 6.07) is 6.30. The van der Waals surface area contributed by atoms with Crippen LogP contribution < -0.4 is 0 Å². The summed E-state index contributed by atoms with van der Waals surface area (Å²) in [4.78, 5) is 11.5. The number of nitrogens with zero attached hydrogens (tertiary/aromatic N) is 2. The number of fused-ring (bicyclic) bond motifs is 3. The van der Waals surface area contributed by atoms with Gasteiger partial charge in [0.05, 0.1) is 5.52 Å². The van der Waals surface area contributed by atoms with Crippen LogP contribution in [0.5, 0.6) is 0 Å². The van der Waals surface area contributed by atoms with Gasteiger partial charge in [-0.1, -0.05) is 6.07 Å². The van der Waals surface area contributed by atoms with E-state index >= 15 is 0 Å². The summed E-state index contributed by atoms with van der Waals surface area (Å²) in [7, 11) is 0. The van der Waals surface area contributed by atoms with Crippen molar-refractivity contribution >= 4 is 22.9 Å². The van der Waals surface area contributed by atoms with Gasteiger partial charge in [0.15, 0.2) is 5.78 Å². The Morgan fingerprint density at radius 2 is 2.27 bits per heavy atom. The number of ketones is 1. The van der Waals surface area contributed by atoms with Gasteiger partial charge in [-0.05, 0) is 18.2 Å². The Morgan fingerprint density at radius 3 is 3.13 bits per heavy atom. The fourth-order valence-electron chi connectivity index (χ4n) is 1.81. The van der Waals surface area contributed by atoms with Crippen molar-refractivity contribution in [1.82, 2.24) is 4.68 Å². The zero-order valence-electron chi connectivity index (χ0n) is 7.77. The lowest BCUT2D eigenvalue weighted by molar-refractivity contribution is 0.0990. The first-order valence-corrected chi connectivity index (χ1v) is 4.63. The second kappa shape index (κ2) is 2.76. The molecule has 1 aromatic heterocycles. The number of carbonyl (C=O) groups is 1. The van der Waals surface area contributed by atoms with Gasteiger partial charge >= 0.3 is 0 Å². The molecule has 3 rings (SSSR count). The molecule has 1 aliphatic heterocycles. The molecule has 0 aliphatic carbocycles. The minimum Gasteiger partial charge on any atom is -0.292 e. The molecule has 0 saturated heterocycles. The van der Waals surface area contributed by atoms with E-state index in [1.807, 2.05) is 0 Å². The number of halogens is 1. The third kappa shape index (κ3) is 1.05. The van der Waals surface area contributed by atoms with Crippen molar-refractivity contribution in [3.63, 3.8) is 0 Å². The summed E-state index contributed by atoms with van der Waals surface area (Å²) in [5, 5.41) is 4.52. The van der Waals surface area contributed by atoms with Crippen LogP contribution in [0, 0.1) is 5.82 Å². The number of Topliss-reactive ketones (excluding diaryl/α,β-unsaturated/α-hetero) is 1. The lowest BCUT2D eigenvalue weighted by Crippen LogP contribution is -2.11. The number of hydrogen-bond acceptors (Lipinski definition) is 2. The molecular formula is C11H7FN2O. The van der Waals surface area contributed by atoms with Crippen molar-refractivity contribution in [2.24, 2.45) is 5.10 Å². The van der Waals surface area contributed by atoms with E-state index in [2.05, 4.69) is 5.10 Å². The molecule has 0 unspecified atom stereocenters. The zero-order chi connectivity index (χ0) is 10.4. The molecule has 0 fully saturated rings. The minimum atomic E-state index is -0.322. The van der Waals surface area contributed by atoms with Gasteiger partial charge in [-0.3, -0.25) is 4.79 Å². The molecule has 0 saturated carbocycles. The van der Waals surface area contributed by atoms with Gasteiger partial charge in [-0.2, -0.15) is 5.10 Å². The Balaban J connectivity index is 2.46. The summed E-state index contributed by atoms with van der Waals surface area (Å²) in [5.41, 5.74) is 1.09. The summed E-state index contributed by atoms with van der Waals surface area (Å²) in [6.45, 7) is 0. The van der Waals surface area contributed by atoms with E-state index in [1.165, 1.54) is 10.7 Å². The van der Waals surface area contributed by atoms with E-state index in [0.29, 0.717) is 16.6 Å². The van der Waals surface area contributed by atoms with Crippen LogP contribution >= 0.6 is 0 Å². The van der Waals surface area contributed by atoms with Crippen LogP contribution in [-0.4, -0.2) is 16.7 Å². The number of carbonyl (C=O) groups excluding carboxylic acids is 1. The summed E-state index contributed by atoms with van der Waals surface area (Å²) in [6.07, 6.45) is 1.83. The molecule has 0 N–H and O–H groups in total. The molecule has 15 heavy (non-hydrogen) atoms. The van der Waals surface area contributed by atoms with Crippen LogP contribution in [0.2, 0.25) is 0 Å². The summed E-state index contributed by atoms with van der Waals surface area (Å²) in [5.74, 6) is -0.349. The molecule has 0 radical (unpaired) electrons. The first-order chi connectivity index (χ1) is 7.27. The van der Waals surface area contributed by atoms with Crippen LogP contribution in [0.4, 0.5) is 4.39 Å². The molecule has 1 aliphatic rings.